The molecule has 1 aromatic rings. The lowest BCUT2D eigenvalue weighted by Crippen LogP contribution is -1.98. The maximum Gasteiger partial charge on any atom is 0.131 e. The maximum atomic E-state index is 8.83. The minimum Gasteiger partial charge on any atom is -0.390 e. The predicted molar refractivity (Wildman–Crippen MR) is 52.9 cm³/mol. The van der Waals surface area contributed by atoms with Crippen molar-refractivity contribution in [3.05, 3.63) is 15.9 Å². The van der Waals surface area contributed by atoms with Crippen LogP contribution in [-0.4, -0.2) is 14.9 Å². The van der Waals surface area contributed by atoms with E-state index < -0.39 is 0 Å². The van der Waals surface area contributed by atoms with Crippen molar-refractivity contribution in [2.75, 3.05) is 0 Å². The lowest BCUT2D eigenvalue weighted by atomic mass is 10.3. The normalized spacial score (nSPS) is 9.17. The summed E-state index contributed by atoms with van der Waals surface area (Å²) in [6.45, 7) is 5.96. The van der Waals surface area contributed by atoms with Gasteiger partial charge in [0.2, 0.25) is 0 Å². The molecular weight excluding hydrogens is 220 g/mol. The van der Waals surface area contributed by atoms with Crippen LogP contribution in [-0.2, 0) is 13.7 Å². The molecule has 0 aromatic carbocycles. The Balaban J connectivity index is 0.000000561. The van der Waals surface area contributed by atoms with Crippen molar-refractivity contribution in [3.63, 3.8) is 0 Å². The summed E-state index contributed by atoms with van der Waals surface area (Å²) in [5.41, 5.74) is 1.86. The molecule has 0 radical (unpaired) electrons. The SMILES string of the molecule is CC.Cc1c(Br)nn(C)c1CO. The molecule has 1 rings (SSSR count). The number of hydrogen-bond acceptors (Lipinski definition) is 2. The van der Waals surface area contributed by atoms with Crippen molar-refractivity contribution in [2.24, 2.45) is 7.05 Å². The van der Waals surface area contributed by atoms with Crippen molar-refractivity contribution in [2.45, 2.75) is 27.4 Å². The van der Waals surface area contributed by atoms with Crippen LogP contribution in [0.5, 0.6) is 0 Å². The standard InChI is InChI=1S/C6H9BrN2O.C2H6/c1-4-5(3-10)9(2)8-6(4)7;1-2/h10H,3H2,1-2H3;1-2H3. The smallest absolute Gasteiger partial charge is 0.131 e. The Morgan fingerprint density at radius 2 is 2.00 bits per heavy atom. The first-order valence-electron chi connectivity index (χ1n) is 3.95. The van der Waals surface area contributed by atoms with E-state index in [0.29, 0.717) is 0 Å². The number of nitrogens with zero attached hydrogens (tertiary/aromatic N) is 2. The van der Waals surface area contributed by atoms with Crippen molar-refractivity contribution in [3.8, 4) is 0 Å². The average Bonchev–Trinajstić information content (AvgIpc) is 2.31. The van der Waals surface area contributed by atoms with Gasteiger partial charge in [0.1, 0.15) is 4.60 Å². The van der Waals surface area contributed by atoms with Gasteiger partial charge >= 0.3 is 0 Å². The molecule has 1 N–H and O–H groups in total. The summed E-state index contributed by atoms with van der Waals surface area (Å²) in [6, 6.07) is 0. The third-order valence-corrected chi connectivity index (χ3v) is 2.27. The number of aliphatic hydroxyl groups is 1. The molecule has 0 saturated heterocycles. The Morgan fingerprint density at radius 1 is 1.50 bits per heavy atom. The monoisotopic (exact) mass is 234 g/mol. The van der Waals surface area contributed by atoms with E-state index in [2.05, 4.69) is 21.0 Å². The van der Waals surface area contributed by atoms with Crippen LogP contribution in [0.15, 0.2) is 4.60 Å². The van der Waals surface area contributed by atoms with Crippen LogP contribution in [0.4, 0.5) is 0 Å². The first-order chi connectivity index (χ1) is 5.66. The van der Waals surface area contributed by atoms with E-state index in [-0.39, 0.29) is 6.61 Å². The van der Waals surface area contributed by atoms with Gasteiger partial charge in [0.15, 0.2) is 0 Å². The molecule has 4 heteroatoms. The number of aliphatic hydroxyl groups excluding tert-OH is 1. The Kier molecular flexibility index (Phi) is 5.17. The lowest BCUT2D eigenvalue weighted by Gasteiger charge is -1.95. The van der Waals surface area contributed by atoms with E-state index in [9.17, 15) is 0 Å². The molecule has 12 heavy (non-hydrogen) atoms. The largest absolute Gasteiger partial charge is 0.390 e. The fourth-order valence-electron chi connectivity index (χ4n) is 0.850. The molecule has 0 aliphatic heterocycles. The first-order valence-corrected chi connectivity index (χ1v) is 4.75. The Bertz CT molecular complexity index is 245. The van der Waals surface area contributed by atoms with E-state index in [4.69, 9.17) is 5.11 Å². The molecule has 3 nitrogen and oxygen atoms in total. The van der Waals surface area contributed by atoms with Crippen LogP contribution in [0.25, 0.3) is 0 Å². The van der Waals surface area contributed by atoms with Gasteiger partial charge in [-0.2, -0.15) is 5.10 Å². The molecule has 1 heterocycles. The van der Waals surface area contributed by atoms with Crippen molar-refractivity contribution < 1.29 is 5.11 Å². The summed E-state index contributed by atoms with van der Waals surface area (Å²) < 4.78 is 2.47. The highest BCUT2D eigenvalue weighted by Crippen LogP contribution is 2.17. The summed E-state index contributed by atoms with van der Waals surface area (Å²) in [5, 5.41) is 12.9. The Hall–Kier alpha value is -0.350. The van der Waals surface area contributed by atoms with Gasteiger partial charge in [-0.3, -0.25) is 4.68 Å². The molecule has 0 fully saturated rings. The fraction of sp³-hybridized carbons (Fsp3) is 0.625. The molecule has 0 amide bonds. The predicted octanol–water partition coefficient (Wildman–Crippen LogP) is 2.01. The van der Waals surface area contributed by atoms with Crippen LogP contribution >= 0.6 is 15.9 Å². The van der Waals surface area contributed by atoms with Gasteiger partial charge in [0.25, 0.3) is 0 Å². The zero-order chi connectivity index (χ0) is 9.72. The first kappa shape index (κ1) is 11.6. The maximum absolute atomic E-state index is 8.83. The fourth-order valence-corrected chi connectivity index (χ4v) is 1.32. The average molecular weight is 235 g/mol. The van der Waals surface area contributed by atoms with E-state index in [0.717, 1.165) is 15.9 Å². The minimum absolute atomic E-state index is 0.0426. The number of aryl methyl sites for hydroxylation is 1. The number of halogens is 1. The lowest BCUT2D eigenvalue weighted by molar-refractivity contribution is 0.270. The molecule has 70 valence electrons. The zero-order valence-electron chi connectivity index (χ0n) is 7.93. The van der Waals surface area contributed by atoms with Crippen LogP contribution in [0, 0.1) is 6.92 Å². The number of aromatic nitrogens is 2. The summed E-state index contributed by atoms with van der Waals surface area (Å²) >= 11 is 3.26. The minimum atomic E-state index is 0.0426. The molecule has 0 aliphatic carbocycles. The van der Waals surface area contributed by atoms with Gasteiger partial charge in [-0.15, -0.1) is 0 Å². The second-order valence-electron chi connectivity index (χ2n) is 2.14. The van der Waals surface area contributed by atoms with Crippen molar-refractivity contribution in [1.29, 1.82) is 0 Å². The molecule has 0 atom stereocenters. The third kappa shape index (κ3) is 2.32. The summed E-state index contributed by atoms with van der Waals surface area (Å²) in [4.78, 5) is 0. The molecule has 0 saturated carbocycles. The van der Waals surface area contributed by atoms with Crippen LogP contribution < -0.4 is 0 Å². The second kappa shape index (κ2) is 5.32. The van der Waals surface area contributed by atoms with Crippen LogP contribution in [0.3, 0.4) is 0 Å². The van der Waals surface area contributed by atoms with Gasteiger partial charge in [-0.25, -0.2) is 0 Å². The van der Waals surface area contributed by atoms with Crippen LogP contribution in [0.2, 0.25) is 0 Å². The zero-order valence-corrected chi connectivity index (χ0v) is 9.51. The van der Waals surface area contributed by atoms with Gasteiger partial charge in [-0.1, -0.05) is 13.8 Å². The van der Waals surface area contributed by atoms with E-state index in [1.165, 1.54) is 0 Å². The van der Waals surface area contributed by atoms with Crippen molar-refractivity contribution in [1.82, 2.24) is 9.78 Å². The van der Waals surface area contributed by atoms with E-state index in [1.807, 2.05) is 27.8 Å². The molecular formula is C8H15BrN2O. The Morgan fingerprint density at radius 3 is 2.17 bits per heavy atom. The summed E-state index contributed by atoms with van der Waals surface area (Å²) in [5.74, 6) is 0. The summed E-state index contributed by atoms with van der Waals surface area (Å²) in [6.07, 6.45) is 0. The highest BCUT2D eigenvalue weighted by Gasteiger charge is 2.07. The molecule has 0 unspecified atom stereocenters. The molecule has 0 spiro atoms. The van der Waals surface area contributed by atoms with Gasteiger partial charge in [-0.05, 0) is 22.9 Å². The van der Waals surface area contributed by atoms with E-state index in [1.54, 1.807) is 4.68 Å². The van der Waals surface area contributed by atoms with Crippen molar-refractivity contribution >= 4 is 15.9 Å². The second-order valence-corrected chi connectivity index (χ2v) is 2.90. The summed E-state index contributed by atoms with van der Waals surface area (Å²) in [7, 11) is 1.81. The Labute approximate surface area is 81.5 Å². The number of hydrogen-bond donors (Lipinski definition) is 1. The topological polar surface area (TPSA) is 38.0 Å². The highest BCUT2D eigenvalue weighted by atomic mass is 79.9. The van der Waals surface area contributed by atoms with Gasteiger partial charge < -0.3 is 5.11 Å². The third-order valence-electron chi connectivity index (χ3n) is 1.52. The molecule has 0 bridgehead atoms. The van der Waals surface area contributed by atoms with Gasteiger partial charge in [0.05, 0.1) is 12.3 Å². The quantitative estimate of drug-likeness (QED) is 0.808. The number of rotatable bonds is 1. The highest BCUT2D eigenvalue weighted by molar-refractivity contribution is 9.10. The molecule has 1 aromatic heterocycles. The molecule has 0 aliphatic rings. The van der Waals surface area contributed by atoms with Crippen LogP contribution in [0.1, 0.15) is 25.1 Å². The van der Waals surface area contributed by atoms with E-state index >= 15 is 0 Å². The van der Waals surface area contributed by atoms with Gasteiger partial charge in [0, 0.05) is 12.6 Å².